The van der Waals surface area contributed by atoms with Crippen LogP contribution in [0.4, 0.5) is 0 Å². The maximum atomic E-state index is 11.5. The largest absolute Gasteiger partial charge is 0.487 e. The van der Waals surface area contributed by atoms with Crippen molar-refractivity contribution in [1.29, 1.82) is 0 Å². The van der Waals surface area contributed by atoms with Crippen molar-refractivity contribution >= 4 is 5.97 Å². The molecule has 0 fully saturated rings. The van der Waals surface area contributed by atoms with Crippen molar-refractivity contribution in [2.75, 3.05) is 0 Å². The van der Waals surface area contributed by atoms with Crippen LogP contribution in [0.2, 0.25) is 0 Å². The van der Waals surface area contributed by atoms with E-state index in [9.17, 15) is 4.79 Å². The molecule has 0 bridgehead atoms. The molecule has 26 heavy (non-hydrogen) atoms. The van der Waals surface area contributed by atoms with Crippen molar-refractivity contribution in [3.8, 4) is 11.5 Å². The standard InChI is InChI=1S/C23H34O3/c1-7-8-9-10-11-12-14-23(6)15-13-20-18(4)21(25-19(5)24)16(2)17(3)22(20)26-23/h11-12H,7-10,13-15H2,1-6H3/b12-11+/t23-/m1/s1. The Bertz CT molecular complexity index is 687. The number of esters is 1. The van der Waals surface area contributed by atoms with E-state index in [0.29, 0.717) is 5.75 Å². The molecule has 0 unspecified atom stereocenters. The van der Waals surface area contributed by atoms with Crippen LogP contribution in [-0.2, 0) is 11.2 Å². The zero-order valence-electron chi connectivity index (χ0n) is 17.3. The van der Waals surface area contributed by atoms with Crippen LogP contribution in [0.3, 0.4) is 0 Å². The van der Waals surface area contributed by atoms with Crippen LogP contribution in [0.15, 0.2) is 12.2 Å². The lowest BCUT2D eigenvalue weighted by atomic mass is 9.85. The summed E-state index contributed by atoms with van der Waals surface area (Å²) < 4.78 is 12.0. The quantitative estimate of drug-likeness (QED) is 0.254. The number of fused-ring (bicyclic) bond motifs is 1. The maximum Gasteiger partial charge on any atom is 0.308 e. The zero-order chi connectivity index (χ0) is 19.3. The van der Waals surface area contributed by atoms with Gasteiger partial charge in [-0.05, 0) is 70.1 Å². The normalized spacial score (nSPS) is 19.3. The highest BCUT2D eigenvalue weighted by Crippen LogP contribution is 2.44. The fraction of sp³-hybridized carbons (Fsp3) is 0.609. The number of carbonyl (C=O) groups is 1. The molecule has 3 heteroatoms. The lowest BCUT2D eigenvalue weighted by molar-refractivity contribution is -0.132. The van der Waals surface area contributed by atoms with Crippen molar-refractivity contribution < 1.29 is 14.3 Å². The second kappa shape index (κ2) is 8.75. The molecule has 1 aliphatic heterocycles. The van der Waals surface area contributed by atoms with Crippen LogP contribution in [0.1, 0.15) is 81.5 Å². The Labute approximate surface area is 158 Å². The van der Waals surface area contributed by atoms with Crippen molar-refractivity contribution in [3.63, 3.8) is 0 Å². The summed E-state index contributed by atoms with van der Waals surface area (Å²) in [7, 11) is 0. The molecule has 1 atom stereocenters. The van der Waals surface area contributed by atoms with Gasteiger partial charge in [0.05, 0.1) is 0 Å². The average Bonchev–Trinajstić information content (AvgIpc) is 2.59. The van der Waals surface area contributed by atoms with E-state index in [-0.39, 0.29) is 11.6 Å². The first-order valence-electron chi connectivity index (χ1n) is 9.94. The second-order valence-corrected chi connectivity index (χ2v) is 7.83. The molecule has 144 valence electrons. The van der Waals surface area contributed by atoms with Crippen LogP contribution in [0.5, 0.6) is 11.5 Å². The van der Waals surface area contributed by atoms with Crippen molar-refractivity contribution in [1.82, 2.24) is 0 Å². The number of carbonyl (C=O) groups excluding carboxylic acids is 1. The molecule has 3 nitrogen and oxygen atoms in total. The summed E-state index contributed by atoms with van der Waals surface area (Å²) in [5.74, 6) is 1.42. The molecule has 0 spiro atoms. The molecule has 0 saturated carbocycles. The summed E-state index contributed by atoms with van der Waals surface area (Å²) in [5.41, 5.74) is 4.14. The molecule has 1 aromatic rings. The molecular formula is C23H34O3. The number of benzene rings is 1. The highest BCUT2D eigenvalue weighted by molar-refractivity contribution is 5.72. The summed E-state index contributed by atoms with van der Waals surface area (Å²) in [6.45, 7) is 12.0. The first-order valence-corrected chi connectivity index (χ1v) is 9.94. The van der Waals surface area contributed by atoms with Gasteiger partial charge in [0.25, 0.3) is 0 Å². The molecular weight excluding hydrogens is 324 g/mol. The number of rotatable bonds is 7. The van der Waals surface area contributed by atoms with E-state index in [1.807, 2.05) is 13.8 Å². The van der Waals surface area contributed by atoms with Crippen molar-refractivity contribution in [3.05, 3.63) is 34.4 Å². The van der Waals surface area contributed by atoms with Crippen molar-refractivity contribution in [2.24, 2.45) is 0 Å². The maximum absolute atomic E-state index is 11.5. The van der Waals surface area contributed by atoms with Crippen LogP contribution in [0, 0.1) is 20.8 Å². The number of allylic oxidation sites excluding steroid dienone is 1. The Kier molecular flexibility index (Phi) is 6.91. The number of ether oxygens (including phenoxy) is 2. The van der Waals surface area contributed by atoms with Gasteiger partial charge in [-0.1, -0.05) is 31.9 Å². The Morgan fingerprint density at radius 2 is 1.88 bits per heavy atom. The van der Waals surface area contributed by atoms with Gasteiger partial charge >= 0.3 is 5.97 Å². The minimum atomic E-state index is -0.273. The Balaban J connectivity index is 2.18. The van der Waals surface area contributed by atoms with Gasteiger partial charge in [-0.2, -0.15) is 0 Å². The Morgan fingerprint density at radius 1 is 1.15 bits per heavy atom. The van der Waals surface area contributed by atoms with E-state index < -0.39 is 0 Å². The van der Waals surface area contributed by atoms with E-state index in [0.717, 1.165) is 48.1 Å². The third-order valence-electron chi connectivity index (χ3n) is 5.50. The molecule has 2 rings (SSSR count). The minimum absolute atomic E-state index is 0.166. The molecule has 0 radical (unpaired) electrons. The summed E-state index contributed by atoms with van der Waals surface area (Å²) in [6.07, 6.45) is 12.4. The van der Waals surface area contributed by atoms with Gasteiger partial charge in [0.15, 0.2) is 0 Å². The van der Waals surface area contributed by atoms with Gasteiger partial charge in [-0.15, -0.1) is 0 Å². The van der Waals surface area contributed by atoms with Crippen LogP contribution >= 0.6 is 0 Å². The smallest absolute Gasteiger partial charge is 0.308 e. The van der Waals surface area contributed by atoms with Crippen molar-refractivity contribution in [2.45, 2.75) is 92.1 Å². The van der Waals surface area contributed by atoms with Gasteiger partial charge in [0.1, 0.15) is 17.1 Å². The van der Waals surface area contributed by atoms with E-state index in [1.165, 1.54) is 31.7 Å². The number of hydrogen-bond donors (Lipinski definition) is 0. The predicted molar refractivity (Wildman–Crippen MR) is 107 cm³/mol. The Morgan fingerprint density at radius 3 is 2.54 bits per heavy atom. The first kappa shape index (κ1) is 20.5. The minimum Gasteiger partial charge on any atom is -0.487 e. The third-order valence-corrected chi connectivity index (χ3v) is 5.50. The van der Waals surface area contributed by atoms with Gasteiger partial charge < -0.3 is 9.47 Å². The lowest BCUT2D eigenvalue weighted by Crippen LogP contribution is -2.36. The molecule has 1 aliphatic rings. The molecule has 0 amide bonds. The highest BCUT2D eigenvalue weighted by atomic mass is 16.5. The van der Waals surface area contributed by atoms with Gasteiger partial charge in [-0.3, -0.25) is 4.79 Å². The SMILES string of the molecule is CCCCC/C=C/C[C@]1(C)CCc2c(C)c(OC(C)=O)c(C)c(C)c2O1. The van der Waals surface area contributed by atoms with Gasteiger partial charge in [-0.25, -0.2) is 0 Å². The zero-order valence-corrected chi connectivity index (χ0v) is 17.3. The summed E-state index contributed by atoms with van der Waals surface area (Å²) >= 11 is 0. The molecule has 0 N–H and O–H groups in total. The monoisotopic (exact) mass is 358 g/mol. The summed E-state index contributed by atoms with van der Waals surface area (Å²) in [6, 6.07) is 0. The third kappa shape index (κ3) is 4.69. The van der Waals surface area contributed by atoms with Gasteiger partial charge in [0, 0.05) is 18.9 Å². The van der Waals surface area contributed by atoms with Gasteiger partial charge in [0.2, 0.25) is 0 Å². The van der Waals surface area contributed by atoms with Crippen LogP contribution in [-0.4, -0.2) is 11.6 Å². The van der Waals surface area contributed by atoms with E-state index in [4.69, 9.17) is 9.47 Å². The molecule has 1 heterocycles. The lowest BCUT2D eigenvalue weighted by Gasteiger charge is -2.37. The molecule has 1 aromatic carbocycles. The fourth-order valence-corrected chi connectivity index (χ4v) is 3.68. The topological polar surface area (TPSA) is 35.5 Å². The van der Waals surface area contributed by atoms with Crippen LogP contribution in [0.25, 0.3) is 0 Å². The average molecular weight is 359 g/mol. The molecule has 0 aliphatic carbocycles. The molecule has 0 aromatic heterocycles. The number of hydrogen-bond acceptors (Lipinski definition) is 3. The second-order valence-electron chi connectivity index (χ2n) is 7.83. The van der Waals surface area contributed by atoms with E-state index in [1.54, 1.807) is 0 Å². The highest BCUT2D eigenvalue weighted by Gasteiger charge is 2.34. The first-order chi connectivity index (χ1) is 12.3. The Hall–Kier alpha value is -1.77. The predicted octanol–water partition coefficient (Wildman–Crippen LogP) is 6.15. The molecule has 0 saturated heterocycles. The summed E-state index contributed by atoms with van der Waals surface area (Å²) in [5, 5.41) is 0. The van der Waals surface area contributed by atoms with Crippen LogP contribution < -0.4 is 9.47 Å². The summed E-state index contributed by atoms with van der Waals surface area (Å²) in [4.78, 5) is 11.5. The van der Waals surface area contributed by atoms with E-state index >= 15 is 0 Å². The number of unbranched alkanes of at least 4 members (excludes halogenated alkanes) is 3. The fourth-order valence-electron chi connectivity index (χ4n) is 3.68. The van der Waals surface area contributed by atoms with E-state index in [2.05, 4.69) is 32.9 Å².